The molecule has 26 heavy (non-hydrogen) atoms. The molecule has 7 heteroatoms. The molecule has 3 aromatic rings. The number of fused-ring (bicyclic) bond motifs is 1. The Morgan fingerprint density at radius 3 is 2.62 bits per heavy atom. The molecule has 0 aliphatic rings. The minimum atomic E-state index is -0.467. The molecule has 1 atom stereocenters. The van der Waals surface area contributed by atoms with Gasteiger partial charge in [0.25, 0.3) is 0 Å². The van der Waals surface area contributed by atoms with Crippen molar-refractivity contribution in [3.63, 3.8) is 0 Å². The molecule has 0 radical (unpaired) electrons. The maximum Gasteiger partial charge on any atom is 0.312 e. The first-order chi connectivity index (χ1) is 12.4. The van der Waals surface area contributed by atoms with Crippen LogP contribution in [0.2, 0.25) is 0 Å². The van der Waals surface area contributed by atoms with Crippen LogP contribution in [0.15, 0.2) is 42.5 Å². The third kappa shape index (κ3) is 3.28. The minimum absolute atomic E-state index is 0.0418. The fourth-order valence-corrected chi connectivity index (χ4v) is 3.23. The maximum atomic E-state index is 12.4. The summed E-state index contributed by atoms with van der Waals surface area (Å²) in [5.74, 6) is -0.245. The van der Waals surface area contributed by atoms with Crippen LogP contribution < -0.4 is 5.32 Å². The first-order valence-electron chi connectivity index (χ1n) is 8.34. The Labute approximate surface area is 150 Å². The topological polar surface area (TPSA) is 90.1 Å². The lowest BCUT2D eigenvalue weighted by Crippen LogP contribution is -2.30. The van der Waals surface area contributed by atoms with Gasteiger partial charge in [0.15, 0.2) is 0 Å². The third-order valence-corrected chi connectivity index (χ3v) is 4.49. The second-order valence-corrected chi connectivity index (χ2v) is 6.29. The average molecular weight is 352 g/mol. The maximum absolute atomic E-state index is 12.4. The van der Waals surface area contributed by atoms with Crippen LogP contribution in [0.25, 0.3) is 10.8 Å². The lowest BCUT2D eigenvalue weighted by atomic mass is 10.00. The van der Waals surface area contributed by atoms with E-state index in [4.69, 9.17) is 0 Å². The van der Waals surface area contributed by atoms with Crippen molar-refractivity contribution >= 4 is 22.4 Å². The molecule has 1 heterocycles. The largest absolute Gasteiger partial charge is 0.348 e. The van der Waals surface area contributed by atoms with Gasteiger partial charge in [0.05, 0.1) is 11.0 Å². The van der Waals surface area contributed by atoms with E-state index in [0.29, 0.717) is 11.4 Å². The van der Waals surface area contributed by atoms with Crippen LogP contribution in [-0.2, 0) is 11.3 Å². The molecule has 0 saturated carbocycles. The number of aromatic nitrogens is 2. The number of nitrogens with one attached hydrogen (secondary N) is 1. The number of benzene rings is 2. The Balaban J connectivity index is 1.78. The third-order valence-electron chi connectivity index (χ3n) is 4.49. The van der Waals surface area contributed by atoms with Gasteiger partial charge in [0, 0.05) is 0 Å². The van der Waals surface area contributed by atoms with Crippen molar-refractivity contribution in [2.45, 2.75) is 33.4 Å². The number of carbonyl (C=O) groups is 1. The van der Waals surface area contributed by atoms with E-state index < -0.39 is 4.92 Å². The second kappa shape index (κ2) is 6.95. The molecule has 0 fully saturated rings. The predicted molar refractivity (Wildman–Crippen MR) is 98.9 cm³/mol. The van der Waals surface area contributed by atoms with E-state index in [-0.39, 0.29) is 24.2 Å². The van der Waals surface area contributed by atoms with Crippen LogP contribution in [0.4, 0.5) is 5.69 Å². The number of nitrogens with zero attached hydrogens (tertiary/aromatic N) is 3. The summed E-state index contributed by atoms with van der Waals surface area (Å²) in [5, 5.41) is 20.3. The summed E-state index contributed by atoms with van der Waals surface area (Å²) >= 11 is 0. The normalized spacial score (nSPS) is 12.1. The summed E-state index contributed by atoms with van der Waals surface area (Å²) < 4.78 is 1.37. The van der Waals surface area contributed by atoms with Crippen molar-refractivity contribution in [3.05, 3.63) is 69.5 Å². The van der Waals surface area contributed by atoms with E-state index in [1.54, 1.807) is 13.8 Å². The molecular formula is C19H20N4O3. The van der Waals surface area contributed by atoms with Crippen LogP contribution in [-0.4, -0.2) is 20.6 Å². The van der Waals surface area contributed by atoms with Gasteiger partial charge >= 0.3 is 5.69 Å². The zero-order valence-corrected chi connectivity index (χ0v) is 14.9. The van der Waals surface area contributed by atoms with E-state index in [1.807, 2.05) is 49.4 Å². The summed E-state index contributed by atoms with van der Waals surface area (Å²) in [6.45, 7) is 5.02. The highest BCUT2D eigenvalue weighted by atomic mass is 16.6. The highest BCUT2D eigenvalue weighted by Crippen LogP contribution is 2.24. The van der Waals surface area contributed by atoms with Crippen LogP contribution in [0.1, 0.15) is 29.9 Å². The van der Waals surface area contributed by atoms with Crippen molar-refractivity contribution in [2.24, 2.45) is 0 Å². The average Bonchev–Trinajstić information content (AvgIpc) is 2.87. The zero-order valence-electron chi connectivity index (χ0n) is 14.9. The smallest absolute Gasteiger partial charge is 0.312 e. The lowest BCUT2D eigenvalue weighted by molar-refractivity contribution is -0.386. The zero-order chi connectivity index (χ0) is 18.8. The van der Waals surface area contributed by atoms with Gasteiger partial charge < -0.3 is 5.32 Å². The number of aryl methyl sites for hydroxylation is 1. The van der Waals surface area contributed by atoms with Crippen molar-refractivity contribution in [1.29, 1.82) is 0 Å². The highest BCUT2D eigenvalue weighted by Gasteiger charge is 2.23. The summed E-state index contributed by atoms with van der Waals surface area (Å²) in [7, 11) is 0. The molecule has 134 valence electrons. The van der Waals surface area contributed by atoms with Gasteiger partial charge in [-0.3, -0.25) is 19.6 Å². The number of hydrogen-bond acceptors (Lipinski definition) is 4. The fraction of sp³-hybridized carbons (Fsp3) is 0.263. The van der Waals surface area contributed by atoms with Crippen LogP contribution in [0.5, 0.6) is 0 Å². The van der Waals surface area contributed by atoms with Gasteiger partial charge in [-0.1, -0.05) is 42.5 Å². The Hall–Kier alpha value is -3.22. The van der Waals surface area contributed by atoms with Crippen LogP contribution >= 0.6 is 0 Å². The quantitative estimate of drug-likeness (QED) is 0.562. The van der Waals surface area contributed by atoms with Crippen molar-refractivity contribution < 1.29 is 9.72 Å². The van der Waals surface area contributed by atoms with Crippen molar-refractivity contribution in [1.82, 2.24) is 15.1 Å². The van der Waals surface area contributed by atoms with Crippen LogP contribution in [0, 0.1) is 24.0 Å². The lowest BCUT2D eigenvalue weighted by Gasteiger charge is -2.17. The van der Waals surface area contributed by atoms with Crippen molar-refractivity contribution in [2.75, 3.05) is 0 Å². The first kappa shape index (κ1) is 17.6. The van der Waals surface area contributed by atoms with Gasteiger partial charge in [-0.05, 0) is 37.1 Å². The van der Waals surface area contributed by atoms with Gasteiger partial charge in [0.2, 0.25) is 5.91 Å². The summed E-state index contributed by atoms with van der Waals surface area (Å²) in [6.07, 6.45) is 0. The number of rotatable bonds is 5. The summed E-state index contributed by atoms with van der Waals surface area (Å²) in [4.78, 5) is 23.0. The number of amides is 1. The fourth-order valence-electron chi connectivity index (χ4n) is 3.23. The Morgan fingerprint density at radius 1 is 1.23 bits per heavy atom. The molecule has 0 aliphatic carbocycles. The number of carbonyl (C=O) groups excluding carboxylic acids is 1. The van der Waals surface area contributed by atoms with E-state index in [0.717, 1.165) is 16.3 Å². The van der Waals surface area contributed by atoms with Gasteiger partial charge in [-0.25, -0.2) is 0 Å². The Kier molecular flexibility index (Phi) is 4.71. The molecule has 2 aromatic carbocycles. The number of nitro groups is 1. The SMILES string of the molecule is Cc1nn(CC(=O)NC(C)c2cccc3ccccc23)c(C)c1[N+](=O)[O-]. The molecule has 0 bridgehead atoms. The Morgan fingerprint density at radius 2 is 1.92 bits per heavy atom. The Bertz CT molecular complexity index is 988. The molecule has 1 N–H and O–H groups in total. The first-order valence-corrected chi connectivity index (χ1v) is 8.34. The van der Waals surface area contributed by atoms with Gasteiger partial charge in [0.1, 0.15) is 17.9 Å². The molecule has 3 rings (SSSR count). The second-order valence-electron chi connectivity index (χ2n) is 6.29. The molecule has 1 unspecified atom stereocenters. The van der Waals surface area contributed by atoms with Gasteiger partial charge in [-0.2, -0.15) is 5.10 Å². The highest BCUT2D eigenvalue weighted by molar-refractivity contribution is 5.86. The standard InChI is InChI=1S/C19H20N4O3/c1-12(16-10-6-8-15-7-4-5-9-17(15)16)20-18(24)11-22-14(3)19(23(25)26)13(2)21-22/h4-10,12H,11H2,1-3H3,(H,20,24). The molecule has 1 aromatic heterocycles. The predicted octanol–water partition coefficient (Wildman–Crippen LogP) is 3.44. The number of hydrogen-bond donors (Lipinski definition) is 1. The molecule has 0 spiro atoms. The molecule has 0 saturated heterocycles. The minimum Gasteiger partial charge on any atom is -0.348 e. The van der Waals surface area contributed by atoms with E-state index in [2.05, 4.69) is 10.4 Å². The van der Waals surface area contributed by atoms with E-state index in [1.165, 1.54) is 4.68 Å². The van der Waals surface area contributed by atoms with Gasteiger partial charge in [-0.15, -0.1) is 0 Å². The monoisotopic (exact) mass is 352 g/mol. The van der Waals surface area contributed by atoms with Crippen molar-refractivity contribution in [3.8, 4) is 0 Å². The summed E-state index contributed by atoms with van der Waals surface area (Å²) in [5.41, 5.74) is 1.67. The molecule has 1 amide bonds. The summed E-state index contributed by atoms with van der Waals surface area (Å²) in [6, 6.07) is 13.8. The molecule has 7 nitrogen and oxygen atoms in total. The van der Waals surface area contributed by atoms with Crippen LogP contribution in [0.3, 0.4) is 0 Å². The van der Waals surface area contributed by atoms with E-state index in [9.17, 15) is 14.9 Å². The molecule has 0 aliphatic heterocycles. The van der Waals surface area contributed by atoms with E-state index >= 15 is 0 Å². The molecular weight excluding hydrogens is 332 g/mol.